The third-order valence-corrected chi connectivity index (χ3v) is 3.93. The standard InChI is InChI=1S/C19H18ClN5O/c20-16-6-4-14(5-7-16)8-10-22-19-24-11-15(12-25-19)18(26)23-13-17-3-1-2-9-21-17/h1-7,9,11-12H,8,10,13H2,(H,23,26)(H,22,24,25). The Morgan fingerprint density at radius 3 is 2.46 bits per heavy atom. The van der Waals surface area contributed by atoms with E-state index in [-0.39, 0.29) is 5.91 Å². The van der Waals surface area contributed by atoms with Gasteiger partial charge in [0.1, 0.15) is 0 Å². The van der Waals surface area contributed by atoms with Crippen LogP contribution in [0.5, 0.6) is 0 Å². The minimum atomic E-state index is -0.233. The van der Waals surface area contributed by atoms with Crippen molar-refractivity contribution in [3.05, 3.63) is 82.9 Å². The SMILES string of the molecule is O=C(NCc1ccccn1)c1cnc(NCCc2ccc(Cl)cc2)nc1. The van der Waals surface area contributed by atoms with E-state index < -0.39 is 0 Å². The number of benzene rings is 1. The molecular weight excluding hydrogens is 350 g/mol. The molecule has 26 heavy (non-hydrogen) atoms. The zero-order chi connectivity index (χ0) is 18.2. The molecule has 0 saturated carbocycles. The van der Waals surface area contributed by atoms with E-state index in [1.807, 2.05) is 42.5 Å². The Morgan fingerprint density at radius 2 is 1.77 bits per heavy atom. The quantitative estimate of drug-likeness (QED) is 0.670. The van der Waals surface area contributed by atoms with Crippen molar-refractivity contribution in [2.75, 3.05) is 11.9 Å². The number of rotatable bonds is 7. The number of hydrogen-bond donors (Lipinski definition) is 2. The molecule has 2 aromatic heterocycles. The molecule has 0 radical (unpaired) electrons. The number of amides is 1. The van der Waals surface area contributed by atoms with Crippen molar-refractivity contribution < 1.29 is 4.79 Å². The lowest BCUT2D eigenvalue weighted by molar-refractivity contribution is 0.0949. The summed E-state index contributed by atoms with van der Waals surface area (Å²) in [4.78, 5) is 24.6. The third kappa shape index (κ3) is 5.26. The highest BCUT2D eigenvalue weighted by molar-refractivity contribution is 6.30. The zero-order valence-corrected chi connectivity index (χ0v) is 14.8. The molecule has 7 heteroatoms. The summed E-state index contributed by atoms with van der Waals surface area (Å²) in [6.45, 7) is 1.05. The van der Waals surface area contributed by atoms with Gasteiger partial charge in [-0.1, -0.05) is 29.8 Å². The van der Waals surface area contributed by atoms with Crippen molar-refractivity contribution in [1.29, 1.82) is 0 Å². The maximum atomic E-state index is 12.1. The van der Waals surface area contributed by atoms with Gasteiger partial charge in [-0.25, -0.2) is 9.97 Å². The zero-order valence-electron chi connectivity index (χ0n) is 14.0. The van der Waals surface area contributed by atoms with Gasteiger partial charge < -0.3 is 10.6 Å². The smallest absolute Gasteiger partial charge is 0.254 e. The van der Waals surface area contributed by atoms with Crippen LogP contribution in [-0.4, -0.2) is 27.4 Å². The summed E-state index contributed by atoms with van der Waals surface area (Å²) >= 11 is 5.87. The highest BCUT2D eigenvalue weighted by Crippen LogP contribution is 2.10. The number of nitrogens with one attached hydrogen (secondary N) is 2. The fourth-order valence-electron chi connectivity index (χ4n) is 2.28. The van der Waals surface area contributed by atoms with E-state index in [4.69, 9.17) is 11.6 Å². The maximum absolute atomic E-state index is 12.1. The molecule has 0 aliphatic carbocycles. The molecule has 3 rings (SSSR count). The number of carbonyl (C=O) groups excluding carboxylic acids is 1. The normalized spacial score (nSPS) is 10.3. The largest absolute Gasteiger partial charge is 0.354 e. The molecule has 0 atom stereocenters. The number of carbonyl (C=O) groups is 1. The van der Waals surface area contributed by atoms with Gasteiger partial charge in [0.15, 0.2) is 0 Å². The number of nitrogens with zero attached hydrogens (tertiary/aromatic N) is 3. The third-order valence-electron chi connectivity index (χ3n) is 3.68. The van der Waals surface area contributed by atoms with E-state index >= 15 is 0 Å². The number of pyridine rings is 1. The van der Waals surface area contributed by atoms with Crippen LogP contribution < -0.4 is 10.6 Å². The molecule has 3 aromatic rings. The lowest BCUT2D eigenvalue weighted by Crippen LogP contribution is -2.23. The first-order chi connectivity index (χ1) is 12.7. The van der Waals surface area contributed by atoms with Gasteiger partial charge in [0.25, 0.3) is 5.91 Å². The van der Waals surface area contributed by atoms with Crippen LogP contribution in [0, 0.1) is 0 Å². The van der Waals surface area contributed by atoms with Crippen molar-refractivity contribution in [3.8, 4) is 0 Å². The first-order valence-corrected chi connectivity index (χ1v) is 8.57. The van der Waals surface area contributed by atoms with Crippen LogP contribution in [0.25, 0.3) is 0 Å². The van der Waals surface area contributed by atoms with Gasteiger partial charge in [0.2, 0.25) is 5.95 Å². The van der Waals surface area contributed by atoms with E-state index in [2.05, 4.69) is 25.6 Å². The van der Waals surface area contributed by atoms with E-state index in [1.54, 1.807) is 6.20 Å². The van der Waals surface area contributed by atoms with E-state index in [0.29, 0.717) is 24.6 Å². The predicted molar refractivity (Wildman–Crippen MR) is 101 cm³/mol. The lowest BCUT2D eigenvalue weighted by atomic mass is 10.1. The topological polar surface area (TPSA) is 79.8 Å². The Balaban J connectivity index is 1.46. The van der Waals surface area contributed by atoms with Crippen LogP contribution in [0.3, 0.4) is 0 Å². The molecule has 1 aromatic carbocycles. The molecule has 0 aliphatic heterocycles. The average Bonchev–Trinajstić information content (AvgIpc) is 2.69. The predicted octanol–water partition coefficient (Wildman–Crippen LogP) is 3.11. The summed E-state index contributed by atoms with van der Waals surface area (Å²) in [6.07, 6.45) is 5.53. The highest BCUT2D eigenvalue weighted by Gasteiger charge is 2.07. The number of halogens is 1. The Bertz CT molecular complexity index is 838. The van der Waals surface area contributed by atoms with Crippen molar-refractivity contribution in [1.82, 2.24) is 20.3 Å². The van der Waals surface area contributed by atoms with Gasteiger partial charge in [-0.2, -0.15) is 0 Å². The molecule has 6 nitrogen and oxygen atoms in total. The second kappa shape index (κ2) is 8.92. The fourth-order valence-corrected chi connectivity index (χ4v) is 2.41. The highest BCUT2D eigenvalue weighted by atomic mass is 35.5. The number of aromatic nitrogens is 3. The van der Waals surface area contributed by atoms with Crippen LogP contribution in [0.15, 0.2) is 61.1 Å². The summed E-state index contributed by atoms with van der Waals surface area (Å²) in [5.41, 5.74) is 2.37. The van der Waals surface area contributed by atoms with Gasteiger partial charge in [0.05, 0.1) is 17.8 Å². The molecule has 0 saturated heterocycles. The van der Waals surface area contributed by atoms with Crippen molar-refractivity contribution in [2.24, 2.45) is 0 Å². The molecule has 2 N–H and O–H groups in total. The summed E-state index contributed by atoms with van der Waals surface area (Å²) < 4.78 is 0. The van der Waals surface area contributed by atoms with Crippen LogP contribution in [-0.2, 0) is 13.0 Å². The molecule has 0 spiro atoms. The number of hydrogen-bond acceptors (Lipinski definition) is 5. The van der Waals surface area contributed by atoms with Gasteiger partial charge in [-0.05, 0) is 36.2 Å². The number of anilines is 1. The Kier molecular flexibility index (Phi) is 6.11. The van der Waals surface area contributed by atoms with Gasteiger partial charge in [0, 0.05) is 30.2 Å². The molecule has 2 heterocycles. The second-order valence-corrected chi connectivity index (χ2v) is 6.04. The van der Waals surface area contributed by atoms with E-state index in [1.165, 1.54) is 18.0 Å². The lowest BCUT2D eigenvalue weighted by Gasteiger charge is -2.07. The van der Waals surface area contributed by atoms with Crippen molar-refractivity contribution in [2.45, 2.75) is 13.0 Å². The van der Waals surface area contributed by atoms with Crippen LogP contribution >= 0.6 is 11.6 Å². The van der Waals surface area contributed by atoms with Crippen molar-refractivity contribution >= 4 is 23.5 Å². The summed E-state index contributed by atoms with van der Waals surface area (Å²) in [5.74, 6) is 0.253. The van der Waals surface area contributed by atoms with Crippen LogP contribution in [0.1, 0.15) is 21.6 Å². The van der Waals surface area contributed by atoms with Gasteiger partial charge in [-0.15, -0.1) is 0 Å². The molecule has 1 amide bonds. The van der Waals surface area contributed by atoms with Gasteiger partial charge in [-0.3, -0.25) is 9.78 Å². The van der Waals surface area contributed by atoms with Crippen LogP contribution in [0.4, 0.5) is 5.95 Å². The monoisotopic (exact) mass is 367 g/mol. The fraction of sp³-hybridized carbons (Fsp3) is 0.158. The summed E-state index contributed by atoms with van der Waals surface area (Å²) in [5, 5.41) is 6.65. The molecule has 132 valence electrons. The Morgan fingerprint density at radius 1 is 1.00 bits per heavy atom. The Hall–Kier alpha value is -2.99. The molecule has 0 bridgehead atoms. The minimum absolute atomic E-state index is 0.233. The van der Waals surface area contributed by atoms with E-state index in [9.17, 15) is 4.79 Å². The maximum Gasteiger partial charge on any atom is 0.254 e. The molecule has 0 unspecified atom stereocenters. The first-order valence-electron chi connectivity index (χ1n) is 8.19. The van der Waals surface area contributed by atoms with Gasteiger partial charge >= 0.3 is 0 Å². The van der Waals surface area contributed by atoms with Crippen molar-refractivity contribution in [3.63, 3.8) is 0 Å². The minimum Gasteiger partial charge on any atom is -0.354 e. The molecule has 0 fully saturated rings. The Labute approximate surface area is 156 Å². The van der Waals surface area contributed by atoms with E-state index in [0.717, 1.165) is 17.1 Å². The average molecular weight is 368 g/mol. The summed E-state index contributed by atoms with van der Waals surface area (Å²) in [6, 6.07) is 13.3. The molecular formula is C19H18ClN5O. The first kappa shape index (κ1) is 17.8. The summed E-state index contributed by atoms with van der Waals surface area (Å²) in [7, 11) is 0. The molecule has 0 aliphatic rings. The van der Waals surface area contributed by atoms with Crippen LogP contribution in [0.2, 0.25) is 5.02 Å². The second-order valence-electron chi connectivity index (χ2n) is 5.60.